The molecule has 1 aliphatic carbocycles. The van der Waals surface area contributed by atoms with E-state index in [1.807, 2.05) is 30.3 Å². The lowest BCUT2D eigenvalue weighted by Gasteiger charge is -2.10. The third-order valence-electron chi connectivity index (χ3n) is 5.58. The number of carbonyl (C=O) groups is 1. The van der Waals surface area contributed by atoms with Crippen molar-refractivity contribution in [3.63, 3.8) is 0 Å². The van der Waals surface area contributed by atoms with Crippen molar-refractivity contribution in [3.8, 4) is 11.1 Å². The second kappa shape index (κ2) is 10.6. The van der Waals surface area contributed by atoms with Gasteiger partial charge >= 0.3 is 10.5 Å². The zero-order valence-electron chi connectivity index (χ0n) is 19.1. The minimum atomic E-state index is -2.85. The van der Waals surface area contributed by atoms with Crippen LogP contribution in [0.15, 0.2) is 76.0 Å². The number of fused-ring (bicyclic) bond motifs is 1. The number of carbonyl (C=O) groups excluding carboxylic acids is 1. The Morgan fingerprint density at radius 3 is 2.40 bits per heavy atom. The van der Waals surface area contributed by atoms with E-state index in [1.54, 1.807) is 28.3 Å². The second-order valence-corrected chi connectivity index (χ2v) is 8.96. The Balaban J connectivity index is 0.000000894. The highest BCUT2D eigenvalue weighted by Crippen LogP contribution is 2.35. The van der Waals surface area contributed by atoms with Crippen LogP contribution in [0, 0.1) is 12.7 Å². The molecule has 1 aliphatic rings. The van der Waals surface area contributed by atoms with Gasteiger partial charge in [-0.3, -0.25) is 9.59 Å². The van der Waals surface area contributed by atoms with E-state index >= 15 is 0 Å². The summed E-state index contributed by atoms with van der Waals surface area (Å²) in [6.07, 6.45) is 6.20. The van der Waals surface area contributed by atoms with Gasteiger partial charge in [0.25, 0.3) is 11.5 Å². The topological polar surface area (TPSA) is 90.5 Å². The van der Waals surface area contributed by atoms with Gasteiger partial charge in [0.2, 0.25) is 0 Å². The summed E-state index contributed by atoms with van der Waals surface area (Å²) in [5.41, 5.74) is 3.27. The first-order chi connectivity index (χ1) is 16.8. The standard InChI is InChI=1S/C23H18FN3O4S.C3H6/c1-15-23(17-7-10-22(29)26(13-17)12-16-5-3-2-4-6-16)19-11-18(24)8-9-20(19)27(15)14-21(28)25-32(30)31;1-2-3-1/h2-11,13H,12,14H2,1H3;1-3H2. The van der Waals surface area contributed by atoms with Gasteiger partial charge in [0, 0.05) is 40.0 Å². The highest BCUT2D eigenvalue weighted by atomic mass is 32.2. The maximum absolute atomic E-state index is 14.1. The summed E-state index contributed by atoms with van der Waals surface area (Å²) < 4.78 is 41.8. The first kappa shape index (κ1) is 24.3. The number of benzene rings is 2. The van der Waals surface area contributed by atoms with E-state index in [9.17, 15) is 22.4 Å². The molecule has 2 heterocycles. The monoisotopic (exact) mass is 493 g/mol. The molecule has 1 fully saturated rings. The SMILES string of the molecule is C1CC1.Cc1c(-c2ccc(=O)n(Cc3ccccc3)c2)c2cc(F)ccc2n1CC(=O)N=S(=O)=O. The fourth-order valence-corrected chi connectivity index (χ4v) is 4.08. The van der Waals surface area contributed by atoms with Crippen LogP contribution in [0.3, 0.4) is 0 Å². The summed E-state index contributed by atoms with van der Waals surface area (Å²) in [4.78, 5) is 24.5. The molecule has 7 nitrogen and oxygen atoms in total. The number of hydrogen-bond acceptors (Lipinski definition) is 4. The Labute approximate surface area is 203 Å². The zero-order valence-corrected chi connectivity index (χ0v) is 20.0. The van der Waals surface area contributed by atoms with Gasteiger partial charge in [0.1, 0.15) is 12.4 Å². The van der Waals surface area contributed by atoms with Crippen LogP contribution >= 0.6 is 0 Å². The van der Waals surface area contributed by atoms with Gasteiger partial charge in [-0.05, 0) is 36.8 Å². The first-order valence-electron chi connectivity index (χ1n) is 11.2. The summed E-state index contributed by atoms with van der Waals surface area (Å²) in [6.45, 7) is 1.80. The normalized spacial score (nSPS) is 12.1. The van der Waals surface area contributed by atoms with Crippen molar-refractivity contribution in [2.24, 2.45) is 4.36 Å². The van der Waals surface area contributed by atoms with E-state index in [4.69, 9.17) is 0 Å². The maximum atomic E-state index is 14.1. The number of nitrogens with zero attached hydrogens (tertiary/aromatic N) is 3. The molecule has 0 saturated heterocycles. The number of aromatic nitrogens is 2. The van der Waals surface area contributed by atoms with Crippen molar-refractivity contribution in [1.29, 1.82) is 0 Å². The number of hydrogen-bond donors (Lipinski definition) is 0. The van der Waals surface area contributed by atoms with Crippen LogP contribution in [0.2, 0.25) is 0 Å². The minimum Gasteiger partial charge on any atom is -0.335 e. The highest BCUT2D eigenvalue weighted by Gasteiger charge is 2.19. The Morgan fingerprint density at radius 2 is 1.74 bits per heavy atom. The van der Waals surface area contributed by atoms with Gasteiger partial charge in [-0.1, -0.05) is 54.0 Å². The lowest BCUT2D eigenvalue weighted by Crippen LogP contribution is -2.19. The average Bonchev–Trinajstić information content (AvgIpc) is 3.67. The van der Waals surface area contributed by atoms with Gasteiger partial charge < -0.3 is 9.13 Å². The van der Waals surface area contributed by atoms with Gasteiger partial charge in [0.05, 0.1) is 6.54 Å². The van der Waals surface area contributed by atoms with E-state index in [1.165, 1.54) is 43.5 Å². The van der Waals surface area contributed by atoms with Crippen LogP contribution in [0.25, 0.3) is 22.0 Å². The molecule has 4 aromatic rings. The number of rotatable bonds is 5. The average molecular weight is 494 g/mol. The van der Waals surface area contributed by atoms with Gasteiger partial charge in [-0.15, -0.1) is 0 Å². The Bertz CT molecular complexity index is 1580. The van der Waals surface area contributed by atoms with Crippen molar-refractivity contribution < 1.29 is 17.6 Å². The molecule has 35 heavy (non-hydrogen) atoms. The van der Waals surface area contributed by atoms with E-state index in [0.717, 1.165) is 5.56 Å². The molecule has 180 valence electrons. The maximum Gasteiger partial charge on any atom is 0.319 e. The van der Waals surface area contributed by atoms with Gasteiger partial charge in [-0.2, -0.15) is 8.42 Å². The molecule has 1 amide bonds. The molecule has 0 bridgehead atoms. The summed E-state index contributed by atoms with van der Waals surface area (Å²) in [7, 11) is -2.85. The molecule has 0 spiro atoms. The van der Waals surface area contributed by atoms with E-state index in [-0.39, 0.29) is 12.1 Å². The molecule has 5 rings (SSSR count). The highest BCUT2D eigenvalue weighted by molar-refractivity contribution is 7.62. The van der Waals surface area contributed by atoms with Crippen molar-refractivity contribution in [3.05, 3.63) is 94.3 Å². The Hall–Kier alpha value is -3.85. The summed E-state index contributed by atoms with van der Waals surface area (Å²) in [6, 6.07) is 16.8. The first-order valence-corrected chi connectivity index (χ1v) is 12.2. The molecule has 1 saturated carbocycles. The van der Waals surface area contributed by atoms with E-state index < -0.39 is 22.2 Å². The van der Waals surface area contributed by atoms with Crippen molar-refractivity contribution in [1.82, 2.24) is 9.13 Å². The molecule has 0 N–H and O–H groups in total. The van der Waals surface area contributed by atoms with Gasteiger partial charge in [-0.25, -0.2) is 4.39 Å². The second-order valence-electron chi connectivity index (χ2n) is 8.34. The van der Waals surface area contributed by atoms with Crippen LogP contribution in [0.1, 0.15) is 30.5 Å². The van der Waals surface area contributed by atoms with Crippen LogP contribution in [0.5, 0.6) is 0 Å². The molecule has 2 aromatic carbocycles. The van der Waals surface area contributed by atoms with E-state index in [0.29, 0.717) is 34.3 Å². The quantitative estimate of drug-likeness (QED) is 0.402. The number of halogens is 1. The molecular weight excluding hydrogens is 469 g/mol. The molecule has 9 heteroatoms. The summed E-state index contributed by atoms with van der Waals surface area (Å²) in [5.74, 6) is -1.30. The molecular formula is C26H24FN3O4S. The van der Waals surface area contributed by atoms with Crippen LogP contribution in [-0.4, -0.2) is 23.5 Å². The zero-order chi connectivity index (χ0) is 24.9. The molecule has 0 unspecified atom stereocenters. The van der Waals surface area contributed by atoms with Gasteiger partial charge in [0.15, 0.2) is 0 Å². The lowest BCUT2D eigenvalue weighted by molar-refractivity contribution is -0.118. The largest absolute Gasteiger partial charge is 0.335 e. The lowest BCUT2D eigenvalue weighted by atomic mass is 10.0. The van der Waals surface area contributed by atoms with Crippen LogP contribution in [0.4, 0.5) is 4.39 Å². The fraction of sp³-hybridized carbons (Fsp3) is 0.231. The van der Waals surface area contributed by atoms with Crippen molar-refractivity contribution in [2.75, 3.05) is 0 Å². The number of pyridine rings is 1. The third kappa shape index (κ3) is 5.99. The summed E-state index contributed by atoms with van der Waals surface area (Å²) >= 11 is 0. The van der Waals surface area contributed by atoms with Crippen LogP contribution in [-0.2, 0) is 28.4 Å². The van der Waals surface area contributed by atoms with Crippen molar-refractivity contribution >= 4 is 27.3 Å². The predicted molar refractivity (Wildman–Crippen MR) is 132 cm³/mol. The van der Waals surface area contributed by atoms with Crippen molar-refractivity contribution in [2.45, 2.75) is 39.3 Å². The Kier molecular flexibility index (Phi) is 7.36. The molecule has 0 radical (unpaired) electrons. The molecule has 0 atom stereocenters. The molecule has 2 aromatic heterocycles. The Morgan fingerprint density at radius 1 is 1.03 bits per heavy atom. The molecule has 0 aliphatic heterocycles. The fourth-order valence-electron chi connectivity index (χ4n) is 3.85. The predicted octanol–water partition coefficient (Wildman–Crippen LogP) is 4.73. The summed E-state index contributed by atoms with van der Waals surface area (Å²) in [5, 5.41) is 0.545. The third-order valence-corrected chi connectivity index (χ3v) is 5.93. The minimum absolute atomic E-state index is 0.183. The van der Waals surface area contributed by atoms with E-state index in [2.05, 4.69) is 4.36 Å². The number of amides is 1. The smallest absolute Gasteiger partial charge is 0.319 e. The van der Waals surface area contributed by atoms with Crippen LogP contribution < -0.4 is 5.56 Å².